The first-order valence-electron chi connectivity index (χ1n) is 7.27. The number of hydrogen-bond donors (Lipinski definition) is 2. The molecule has 1 aliphatic rings. The molecule has 22 heavy (non-hydrogen) atoms. The van der Waals surface area contributed by atoms with E-state index in [1.54, 1.807) is 15.9 Å². The molecule has 2 N–H and O–H groups in total. The summed E-state index contributed by atoms with van der Waals surface area (Å²) in [4.78, 5) is 13.4. The fraction of sp³-hybridized carbons (Fsp3) is 0.500. The molecule has 6 nitrogen and oxygen atoms in total. The number of thiophene rings is 1. The van der Waals surface area contributed by atoms with E-state index in [0.717, 1.165) is 24.3 Å². The summed E-state index contributed by atoms with van der Waals surface area (Å²) in [6.45, 7) is 3.15. The highest BCUT2D eigenvalue weighted by molar-refractivity contribution is 7.71. The van der Waals surface area contributed by atoms with E-state index in [0.29, 0.717) is 17.1 Å². The Morgan fingerprint density at radius 1 is 1.73 bits per heavy atom. The molecule has 0 aromatic carbocycles. The molecule has 0 unspecified atom stereocenters. The number of H-pyrrole nitrogens is 1. The Labute approximate surface area is 137 Å². The molecule has 1 amide bonds. The first kappa shape index (κ1) is 15.4. The minimum Gasteiger partial charge on any atom is -0.376 e. The number of ether oxygens (including phenoxy) is 1. The molecule has 2 atom stereocenters. The van der Waals surface area contributed by atoms with Crippen molar-refractivity contribution in [3.63, 3.8) is 0 Å². The lowest BCUT2D eigenvalue weighted by atomic mass is 10.2. The van der Waals surface area contributed by atoms with Gasteiger partial charge in [0.2, 0.25) is 5.91 Å². The van der Waals surface area contributed by atoms with Gasteiger partial charge in [0.25, 0.3) is 0 Å². The fourth-order valence-electron chi connectivity index (χ4n) is 2.53. The van der Waals surface area contributed by atoms with Crippen LogP contribution in [-0.2, 0) is 9.53 Å². The van der Waals surface area contributed by atoms with Crippen LogP contribution in [-0.4, -0.2) is 39.9 Å². The number of rotatable bonds is 5. The van der Waals surface area contributed by atoms with Crippen molar-refractivity contribution in [2.24, 2.45) is 0 Å². The molecular weight excluding hydrogens is 320 g/mol. The molecule has 0 bridgehead atoms. The zero-order chi connectivity index (χ0) is 15.5. The third kappa shape index (κ3) is 3.13. The Morgan fingerprint density at radius 3 is 3.27 bits per heavy atom. The summed E-state index contributed by atoms with van der Waals surface area (Å²) in [6.07, 6.45) is 2.19. The van der Waals surface area contributed by atoms with Crippen molar-refractivity contribution in [1.29, 1.82) is 0 Å². The lowest BCUT2D eigenvalue weighted by Gasteiger charge is -2.17. The van der Waals surface area contributed by atoms with Crippen LogP contribution in [0.15, 0.2) is 17.5 Å². The van der Waals surface area contributed by atoms with Gasteiger partial charge in [0.05, 0.1) is 11.0 Å². The Bertz CT molecular complexity index is 686. The van der Waals surface area contributed by atoms with Crippen LogP contribution in [0.3, 0.4) is 0 Å². The molecule has 1 saturated heterocycles. The summed E-state index contributed by atoms with van der Waals surface area (Å²) < 4.78 is 7.72. The molecule has 0 spiro atoms. The Morgan fingerprint density at radius 2 is 2.59 bits per heavy atom. The molecule has 0 radical (unpaired) electrons. The van der Waals surface area contributed by atoms with E-state index < -0.39 is 6.04 Å². The van der Waals surface area contributed by atoms with Crippen LogP contribution in [0.25, 0.3) is 10.7 Å². The molecule has 3 heterocycles. The second kappa shape index (κ2) is 6.72. The van der Waals surface area contributed by atoms with Crippen molar-refractivity contribution < 1.29 is 9.53 Å². The van der Waals surface area contributed by atoms with Crippen LogP contribution in [0.2, 0.25) is 0 Å². The number of aromatic amines is 1. The molecule has 0 saturated carbocycles. The number of nitrogens with one attached hydrogen (secondary N) is 2. The standard InChI is InChI=1S/C14H18N4O2S2/c1-9(13(19)15-8-10-4-2-6-20-10)18-12(16-17-14(18)21)11-5-3-7-22-11/h3,5,7,9-10H,2,4,6,8H2,1H3,(H,15,19)(H,17,21)/t9-,10+/m0/s1. The van der Waals surface area contributed by atoms with Gasteiger partial charge in [-0.3, -0.25) is 14.5 Å². The van der Waals surface area contributed by atoms with Gasteiger partial charge in [0.15, 0.2) is 10.6 Å². The first-order valence-corrected chi connectivity index (χ1v) is 8.55. The third-order valence-electron chi connectivity index (χ3n) is 3.74. The Hall–Kier alpha value is -1.51. The van der Waals surface area contributed by atoms with Crippen molar-refractivity contribution in [2.45, 2.75) is 31.9 Å². The monoisotopic (exact) mass is 338 g/mol. The summed E-state index contributed by atoms with van der Waals surface area (Å²) in [5.41, 5.74) is 0. The highest BCUT2D eigenvalue weighted by atomic mass is 32.1. The number of carbonyl (C=O) groups is 1. The van der Waals surface area contributed by atoms with Gasteiger partial charge in [-0.05, 0) is 43.4 Å². The predicted octanol–water partition coefficient (Wildman–Crippen LogP) is 2.53. The summed E-state index contributed by atoms with van der Waals surface area (Å²) in [5.74, 6) is 0.616. The van der Waals surface area contributed by atoms with Crippen molar-refractivity contribution in [1.82, 2.24) is 20.1 Å². The molecule has 1 aliphatic heterocycles. The maximum atomic E-state index is 12.4. The minimum absolute atomic E-state index is 0.0780. The molecule has 0 aliphatic carbocycles. The number of aromatic nitrogens is 3. The predicted molar refractivity (Wildman–Crippen MR) is 87.4 cm³/mol. The maximum absolute atomic E-state index is 12.4. The Balaban J connectivity index is 1.74. The molecule has 118 valence electrons. The number of carbonyl (C=O) groups excluding carboxylic acids is 1. The van der Waals surface area contributed by atoms with Gasteiger partial charge in [-0.25, -0.2) is 0 Å². The number of amides is 1. The number of nitrogens with zero attached hydrogens (tertiary/aromatic N) is 2. The van der Waals surface area contributed by atoms with Crippen molar-refractivity contribution in [3.05, 3.63) is 22.3 Å². The zero-order valence-corrected chi connectivity index (χ0v) is 13.9. The van der Waals surface area contributed by atoms with Crippen LogP contribution < -0.4 is 5.32 Å². The van der Waals surface area contributed by atoms with Gasteiger partial charge in [-0.15, -0.1) is 11.3 Å². The molecule has 3 rings (SSSR count). The second-order valence-corrected chi connectivity index (χ2v) is 6.59. The van der Waals surface area contributed by atoms with Crippen LogP contribution in [0, 0.1) is 4.77 Å². The normalized spacial score (nSPS) is 19.2. The van der Waals surface area contributed by atoms with Gasteiger partial charge in [0, 0.05) is 13.2 Å². The molecule has 2 aromatic rings. The Kier molecular flexibility index (Phi) is 4.70. The minimum atomic E-state index is -0.426. The van der Waals surface area contributed by atoms with Crippen molar-refractivity contribution in [2.75, 3.05) is 13.2 Å². The summed E-state index contributed by atoms with van der Waals surface area (Å²) in [6, 6.07) is 3.48. The topological polar surface area (TPSA) is 71.9 Å². The third-order valence-corrected chi connectivity index (χ3v) is 4.89. The highest BCUT2D eigenvalue weighted by Gasteiger charge is 2.23. The smallest absolute Gasteiger partial charge is 0.243 e. The van der Waals surface area contributed by atoms with Crippen LogP contribution >= 0.6 is 23.6 Å². The number of hydrogen-bond acceptors (Lipinski definition) is 5. The molecular formula is C14H18N4O2S2. The second-order valence-electron chi connectivity index (χ2n) is 5.26. The van der Waals surface area contributed by atoms with Gasteiger partial charge in [-0.2, -0.15) is 5.10 Å². The fourth-order valence-corrected chi connectivity index (χ4v) is 3.53. The van der Waals surface area contributed by atoms with Gasteiger partial charge < -0.3 is 10.1 Å². The molecule has 1 fully saturated rings. The van der Waals surface area contributed by atoms with Crippen LogP contribution in [0.1, 0.15) is 25.8 Å². The maximum Gasteiger partial charge on any atom is 0.243 e. The van der Waals surface area contributed by atoms with Crippen LogP contribution in [0.4, 0.5) is 0 Å². The quantitative estimate of drug-likeness (QED) is 0.822. The molecule has 8 heteroatoms. The van der Waals surface area contributed by atoms with E-state index in [-0.39, 0.29) is 12.0 Å². The largest absolute Gasteiger partial charge is 0.376 e. The van der Waals surface area contributed by atoms with Crippen LogP contribution in [0.5, 0.6) is 0 Å². The summed E-state index contributed by atoms with van der Waals surface area (Å²) in [7, 11) is 0. The van der Waals surface area contributed by atoms with E-state index >= 15 is 0 Å². The summed E-state index contributed by atoms with van der Waals surface area (Å²) >= 11 is 6.84. The summed E-state index contributed by atoms with van der Waals surface area (Å²) in [5, 5.41) is 11.9. The van der Waals surface area contributed by atoms with E-state index in [4.69, 9.17) is 17.0 Å². The SMILES string of the molecule is C[C@@H](C(=O)NC[C@H]1CCCO1)n1c(-c2cccs2)n[nH]c1=S. The van der Waals surface area contributed by atoms with Gasteiger partial charge in [-0.1, -0.05) is 6.07 Å². The van der Waals surface area contributed by atoms with E-state index in [9.17, 15) is 4.79 Å². The average molecular weight is 338 g/mol. The van der Waals surface area contributed by atoms with Gasteiger partial charge in [0.1, 0.15) is 6.04 Å². The van der Waals surface area contributed by atoms with Crippen molar-refractivity contribution in [3.8, 4) is 10.7 Å². The van der Waals surface area contributed by atoms with E-state index in [1.165, 1.54) is 0 Å². The average Bonchev–Trinajstić information content (AvgIpc) is 3.25. The molecule has 2 aromatic heterocycles. The first-order chi connectivity index (χ1) is 10.7. The highest BCUT2D eigenvalue weighted by Crippen LogP contribution is 2.25. The van der Waals surface area contributed by atoms with Gasteiger partial charge >= 0.3 is 0 Å². The van der Waals surface area contributed by atoms with E-state index in [2.05, 4.69) is 15.5 Å². The van der Waals surface area contributed by atoms with Crippen molar-refractivity contribution >= 4 is 29.5 Å². The van der Waals surface area contributed by atoms with E-state index in [1.807, 2.05) is 24.4 Å². The lowest BCUT2D eigenvalue weighted by molar-refractivity contribution is -0.124. The lowest BCUT2D eigenvalue weighted by Crippen LogP contribution is -2.36. The zero-order valence-electron chi connectivity index (χ0n) is 12.2.